The summed E-state index contributed by atoms with van der Waals surface area (Å²) in [4.78, 5) is 23.5. The molecule has 0 aliphatic heterocycles. The lowest BCUT2D eigenvalue weighted by Crippen LogP contribution is -2.16. The molecule has 0 bridgehead atoms. The molecule has 4 nitrogen and oxygen atoms in total. The Bertz CT molecular complexity index is 404. The van der Waals surface area contributed by atoms with Gasteiger partial charge in [0.2, 0.25) is 5.91 Å². The molecule has 2 amide bonds. The van der Waals surface area contributed by atoms with Gasteiger partial charge in [-0.15, -0.1) is 22.9 Å². The zero-order valence-electron chi connectivity index (χ0n) is 8.88. The summed E-state index contributed by atoms with van der Waals surface area (Å²) in [6.07, 6.45) is 0.961. The number of nitrogens with one attached hydrogen (secondary N) is 1. The van der Waals surface area contributed by atoms with Crippen molar-refractivity contribution in [3.05, 3.63) is 16.5 Å². The van der Waals surface area contributed by atoms with Gasteiger partial charge in [0.25, 0.3) is 5.91 Å². The van der Waals surface area contributed by atoms with Crippen LogP contribution in [0.15, 0.2) is 6.07 Å². The summed E-state index contributed by atoms with van der Waals surface area (Å²) in [6.45, 7) is 1.85. The normalized spacial score (nSPS) is 10.1. The highest BCUT2D eigenvalue weighted by molar-refractivity contribution is 7.16. The van der Waals surface area contributed by atoms with E-state index in [1.165, 1.54) is 11.3 Å². The molecule has 88 valence electrons. The molecule has 0 radical (unpaired) electrons. The summed E-state index contributed by atoms with van der Waals surface area (Å²) in [6, 6.07) is 1.67. The number of amides is 2. The predicted octanol–water partition coefficient (Wildman–Crippen LogP) is 2.11. The lowest BCUT2D eigenvalue weighted by Gasteiger charge is -2.03. The number of rotatable bonds is 5. The third-order valence-electron chi connectivity index (χ3n) is 1.91. The van der Waals surface area contributed by atoms with Crippen LogP contribution in [0.5, 0.6) is 0 Å². The Kier molecular flexibility index (Phi) is 4.76. The third-order valence-corrected chi connectivity index (χ3v) is 3.14. The van der Waals surface area contributed by atoms with Gasteiger partial charge in [0.15, 0.2) is 0 Å². The van der Waals surface area contributed by atoms with E-state index >= 15 is 0 Å². The van der Waals surface area contributed by atoms with Crippen molar-refractivity contribution in [3.63, 3.8) is 0 Å². The van der Waals surface area contributed by atoms with Crippen molar-refractivity contribution < 1.29 is 9.59 Å². The number of thiophene rings is 1. The minimum absolute atomic E-state index is 0.148. The number of alkyl halides is 1. The van der Waals surface area contributed by atoms with Crippen LogP contribution in [0.2, 0.25) is 0 Å². The maximum atomic E-state index is 11.4. The van der Waals surface area contributed by atoms with Crippen molar-refractivity contribution in [2.45, 2.75) is 19.8 Å². The summed E-state index contributed by atoms with van der Waals surface area (Å²) in [5.74, 6) is -0.235. The molecule has 1 aromatic rings. The molecule has 0 unspecified atom stereocenters. The average molecular weight is 261 g/mol. The van der Waals surface area contributed by atoms with E-state index in [2.05, 4.69) is 5.32 Å². The predicted molar refractivity (Wildman–Crippen MR) is 66.2 cm³/mol. The third kappa shape index (κ3) is 3.50. The average Bonchev–Trinajstić information content (AvgIpc) is 2.56. The molecule has 0 spiro atoms. The smallest absolute Gasteiger partial charge is 0.251 e. The van der Waals surface area contributed by atoms with Crippen molar-refractivity contribution in [1.82, 2.24) is 0 Å². The van der Waals surface area contributed by atoms with E-state index in [9.17, 15) is 9.59 Å². The molecular formula is C10H13ClN2O2S. The zero-order chi connectivity index (χ0) is 12.1. The summed E-state index contributed by atoms with van der Waals surface area (Å²) < 4.78 is 0. The Morgan fingerprint density at radius 3 is 2.81 bits per heavy atom. The highest BCUT2D eigenvalue weighted by atomic mass is 35.5. The molecule has 1 aromatic heterocycles. The van der Waals surface area contributed by atoms with E-state index in [1.807, 2.05) is 6.92 Å². The maximum absolute atomic E-state index is 11.4. The quantitative estimate of drug-likeness (QED) is 0.796. The van der Waals surface area contributed by atoms with Crippen LogP contribution in [-0.4, -0.2) is 17.7 Å². The first-order valence-corrected chi connectivity index (χ1v) is 6.15. The molecule has 3 N–H and O–H groups in total. The minimum atomic E-state index is -0.531. The second kappa shape index (κ2) is 5.86. The number of carbonyl (C=O) groups excluding carboxylic acids is 2. The molecule has 1 rings (SSSR count). The Morgan fingerprint density at radius 2 is 2.25 bits per heavy atom. The van der Waals surface area contributed by atoms with Gasteiger partial charge in [-0.3, -0.25) is 9.59 Å². The monoisotopic (exact) mass is 260 g/mol. The fourth-order valence-corrected chi connectivity index (χ4v) is 2.27. The fraction of sp³-hybridized carbons (Fsp3) is 0.400. The largest absolute Gasteiger partial charge is 0.366 e. The van der Waals surface area contributed by atoms with Crippen molar-refractivity contribution in [2.24, 2.45) is 5.73 Å². The first kappa shape index (κ1) is 13.0. The van der Waals surface area contributed by atoms with Crippen LogP contribution < -0.4 is 11.1 Å². The number of carbonyl (C=O) groups is 2. The van der Waals surface area contributed by atoms with E-state index in [0.29, 0.717) is 29.3 Å². The van der Waals surface area contributed by atoms with Gasteiger partial charge in [0.1, 0.15) is 5.00 Å². The second-order valence-corrected chi connectivity index (χ2v) is 4.94. The van der Waals surface area contributed by atoms with Crippen molar-refractivity contribution in [1.29, 1.82) is 0 Å². The second-order valence-electron chi connectivity index (χ2n) is 3.30. The molecular weight excluding hydrogens is 248 g/mol. The molecule has 0 saturated carbocycles. The molecule has 0 aliphatic carbocycles. The van der Waals surface area contributed by atoms with E-state index in [-0.39, 0.29) is 5.91 Å². The summed E-state index contributed by atoms with van der Waals surface area (Å²) >= 11 is 6.82. The van der Waals surface area contributed by atoms with Crippen LogP contribution in [0.1, 0.15) is 28.1 Å². The van der Waals surface area contributed by atoms with Crippen LogP contribution in [-0.2, 0) is 4.79 Å². The van der Waals surface area contributed by atoms with Gasteiger partial charge >= 0.3 is 0 Å². The Labute approximate surface area is 103 Å². The highest BCUT2D eigenvalue weighted by Gasteiger charge is 2.13. The maximum Gasteiger partial charge on any atom is 0.251 e. The number of aryl methyl sites for hydroxylation is 1. The minimum Gasteiger partial charge on any atom is -0.366 e. The standard InChI is InChI=1S/C10H13ClN2O2S/c1-6-5-7(9(12)15)10(16-6)13-8(14)3-2-4-11/h5H,2-4H2,1H3,(H2,12,15)(H,13,14). The molecule has 0 aliphatic rings. The number of anilines is 1. The number of primary amides is 1. The number of halogens is 1. The topological polar surface area (TPSA) is 72.2 Å². The first-order chi connectivity index (χ1) is 7.54. The summed E-state index contributed by atoms with van der Waals surface area (Å²) in [5.41, 5.74) is 5.56. The number of nitrogens with two attached hydrogens (primary N) is 1. The number of hydrogen-bond donors (Lipinski definition) is 2. The van der Waals surface area contributed by atoms with Crippen molar-refractivity contribution in [3.8, 4) is 0 Å². The van der Waals surface area contributed by atoms with Crippen LogP contribution in [0.4, 0.5) is 5.00 Å². The highest BCUT2D eigenvalue weighted by Crippen LogP contribution is 2.27. The summed E-state index contributed by atoms with van der Waals surface area (Å²) in [7, 11) is 0. The van der Waals surface area contributed by atoms with Gasteiger partial charge < -0.3 is 11.1 Å². The van der Waals surface area contributed by atoms with E-state index < -0.39 is 5.91 Å². The van der Waals surface area contributed by atoms with Crippen LogP contribution in [0.25, 0.3) is 0 Å². The van der Waals surface area contributed by atoms with Crippen LogP contribution >= 0.6 is 22.9 Å². The van der Waals surface area contributed by atoms with Gasteiger partial charge in [0.05, 0.1) is 5.56 Å². The SMILES string of the molecule is Cc1cc(C(N)=O)c(NC(=O)CCCCl)s1. The lowest BCUT2D eigenvalue weighted by atomic mass is 10.2. The van der Waals surface area contributed by atoms with Gasteiger partial charge in [0, 0.05) is 17.2 Å². The Morgan fingerprint density at radius 1 is 1.56 bits per heavy atom. The molecule has 16 heavy (non-hydrogen) atoms. The van der Waals surface area contributed by atoms with Gasteiger partial charge in [-0.1, -0.05) is 0 Å². The molecule has 0 atom stereocenters. The van der Waals surface area contributed by atoms with E-state index in [4.69, 9.17) is 17.3 Å². The van der Waals surface area contributed by atoms with E-state index in [1.54, 1.807) is 6.07 Å². The number of hydrogen-bond acceptors (Lipinski definition) is 3. The Hall–Kier alpha value is -1.07. The molecule has 0 saturated heterocycles. The fourth-order valence-electron chi connectivity index (χ4n) is 1.21. The first-order valence-electron chi connectivity index (χ1n) is 4.80. The van der Waals surface area contributed by atoms with Crippen LogP contribution in [0.3, 0.4) is 0 Å². The van der Waals surface area contributed by atoms with E-state index in [0.717, 1.165) is 4.88 Å². The van der Waals surface area contributed by atoms with Gasteiger partial charge in [-0.05, 0) is 19.4 Å². The van der Waals surface area contributed by atoms with Gasteiger partial charge in [-0.2, -0.15) is 0 Å². The molecule has 0 aromatic carbocycles. The van der Waals surface area contributed by atoms with Crippen molar-refractivity contribution >= 4 is 39.8 Å². The van der Waals surface area contributed by atoms with Crippen molar-refractivity contribution in [2.75, 3.05) is 11.2 Å². The summed E-state index contributed by atoms with van der Waals surface area (Å²) in [5, 5.41) is 3.19. The molecule has 1 heterocycles. The van der Waals surface area contributed by atoms with Gasteiger partial charge in [-0.25, -0.2) is 0 Å². The molecule has 6 heteroatoms. The zero-order valence-corrected chi connectivity index (χ0v) is 10.5. The Balaban J connectivity index is 2.72. The lowest BCUT2D eigenvalue weighted by molar-refractivity contribution is -0.116. The van der Waals surface area contributed by atoms with Crippen LogP contribution in [0, 0.1) is 6.92 Å². The molecule has 0 fully saturated rings.